The van der Waals surface area contributed by atoms with Crippen molar-refractivity contribution in [3.63, 3.8) is 0 Å². The van der Waals surface area contributed by atoms with Crippen LogP contribution in [-0.2, 0) is 10.3 Å². The minimum atomic E-state index is -1.44. The monoisotopic (exact) mass is 406 g/mol. The lowest BCUT2D eigenvalue weighted by Crippen LogP contribution is -2.43. The summed E-state index contributed by atoms with van der Waals surface area (Å²) in [5, 5.41) is 12.0. The van der Waals surface area contributed by atoms with Gasteiger partial charge >= 0.3 is 5.97 Å². The first-order valence-electron chi connectivity index (χ1n) is 9.74. The molecule has 0 bridgehead atoms. The molecule has 0 aromatic heterocycles. The number of hydrogen-bond donors (Lipinski definition) is 1. The topological polar surface area (TPSA) is 46.5 Å². The van der Waals surface area contributed by atoms with Crippen molar-refractivity contribution >= 4 is 17.7 Å². The zero-order chi connectivity index (χ0) is 20.5. The minimum absolute atomic E-state index is 0.426. The van der Waals surface area contributed by atoms with Crippen LogP contribution in [0.5, 0.6) is 0 Å². The van der Waals surface area contributed by atoms with E-state index in [1.165, 1.54) is 0 Å². The second kappa shape index (κ2) is 10.3. The van der Waals surface area contributed by atoms with Crippen LogP contribution in [0.1, 0.15) is 34.3 Å². The lowest BCUT2D eigenvalue weighted by Gasteiger charge is -2.37. The van der Waals surface area contributed by atoms with Gasteiger partial charge < -0.3 is 9.84 Å². The van der Waals surface area contributed by atoms with E-state index in [4.69, 9.17) is 4.74 Å². The van der Waals surface area contributed by atoms with Crippen molar-refractivity contribution in [3.05, 3.63) is 108 Å². The number of benzene rings is 3. The van der Waals surface area contributed by atoms with Gasteiger partial charge in [-0.15, -0.1) is 0 Å². The van der Waals surface area contributed by atoms with Crippen LogP contribution in [0.15, 0.2) is 91.0 Å². The average Bonchev–Trinajstić information content (AvgIpc) is 2.79. The smallest absolute Gasteiger partial charge is 0.338 e. The van der Waals surface area contributed by atoms with Gasteiger partial charge in [0.1, 0.15) is 6.10 Å². The van der Waals surface area contributed by atoms with Gasteiger partial charge in [-0.3, -0.25) is 0 Å². The van der Waals surface area contributed by atoms with E-state index in [0.717, 1.165) is 12.2 Å². The van der Waals surface area contributed by atoms with Crippen LogP contribution in [-0.4, -0.2) is 29.2 Å². The Morgan fingerprint density at radius 3 is 1.86 bits per heavy atom. The van der Waals surface area contributed by atoms with E-state index in [1.807, 2.05) is 73.0 Å². The lowest BCUT2D eigenvalue weighted by atomic mass is 9.80. The zero-order valence-electron chi connectivity index (χ0n) is 16.5. The maximum Gasteiger partial charge on any atom is 0.338 e. The van der Waals surface area contributed by atoms with Crippen molar-refractivity contribution in [2.24, 2.45) is 0 Å². The van der Waals surface area contributed by atoms with E-state index in [-0.39, 0.29) is 0 Å². The summed E-state index contributed by atoms with van der Waals surface area (Å²) < 4.78 is 5.96. The molecule has 29 heavy (non-hydrogen) atoms. The average molecular weight is 407 g/mol. The predicted octanol–water partition coefficient (Wildman–Crippen LogP) is 5.29. The molecule has 4 heteroatoms. The van der Waals surface area contributed by atoms with Gasteiger partial charge in [-0.1, -0.05) is 78.9 Å². The Kier molecular flexibility index (Phi) is 7.50. The highest BCUT2D eigenvalue weighted by molar-refractivity contribution is 7.98. The van der Waals surface area contributed by atoms with Crippen molar-refractivity contribution in [2.45, 2.75) is 24.5 Å². The number of thioether (sulfide) groups is 1. The molecule has 0 saturated heterocycles. The molecule has 0 aliphatic heterocycles. The number of rotatable bonds is 9. The molecular weight excluding hydrogens is 380 g/mol. The summed E-state index contributed by atoms with van der Waals surface area (Å²) in [7, 11) is 0. The van der Waals surface area contributed by atoms with Crippen LogP contribution >= 0.6 is 11.8 Å². The summed E-state index contributed by atoms with van der Waals surface area (Å²) in [6.45, 7) is 0. The summed E-state index contributed by atoms with van der Waals surface area (Å²) >= 11 is 1.74. The minimum Gasteiger partial charge on any atom is -0.455 e. The molecule has 1 unspecified atom stereocenters. The van der Waals surface area contributed by atoms with Crippen LogP contribution in [0.25, 0.3) is 0 Å². The number of carbonyl (C=O) groups excluding carboxylic acids is 1. The van der Waals surface area contributed by atoms with Crippen LogP contribution in [0.2, 0.25) is 0 Å². The van der Waals surface area contributed by atoms with Gasteiger partial charge in [-0.05, 0) is 48.1 Å². The third-order valence-electron chi connectivity index (χ3n) is 4.97. The van der Waals surface area contributed by atoms with E-state index in [9.17, 15) is 9.90 Å². The molecular formula is C25H26O3S. The molecule has 150 valence electrons. The first-order chi connectivity index (χ1) is 14.2. The van der Waals surface area contributed by atoms with Crippen molar-refractivity contribution in [1.29, 1.82) is 0 Å². The Labute approximate surface area is 176 Å². The molecule has 0 amide bonds. The Hall–Kier alpha value is -2.56. The van der Waals surface area contributed by atoms with Gasteiger partial charge in [0.2, 0.25) is 0 Å². The van der Waals surface area contributed by atoms with Crippen molar-refractivity contribution in [1.82, 2.24) is 0 Å². The van der Waals surface area contributed by atoms with Crippen molar-refractivity contribution in [2.75, 3.05) is 12.0 Å². The largest absolute Gasteiger partial charge is 0.455 e. The normalized spacial score (nSPS) is 12.3. The molecule has 3 aromatic carbocycles. The number of carbonyl (C=O) groups is 1. The molecule has 0 spiro atoms. The molecule has 3 nitrogen and oxygen atoms in total. The second-order valence-corrected chi connectivity index (χ2v) is 7.88. The standard InChI is InChI=1S/C25H26O3S/c1-29-19-11-18-23(28-24(26)20-12-5-2-6-13-20)25(27,21-14-7-3-8-15-21)22-16-9-4-10-17-22/h2-10,12-17,23,27H,11,18-19H2,1H3. The first-order valence-corrected chi connectivity index (χ1v) is 11.1. The molecule has 1 N–H and O–H groups in total. The molecule has 0 aliphatic rings. The molecule has 1 atom stereocenters. The van der Waals surface area contributed by atoms with E-state index in [1.54, 1.807) is 36.0 Å². The number of esters is 1. The van der Waals surface area contributed by atoms with Gasteiger partial charge in [0, 0.05) is 0 Å². The fraction of sp³-hybridized carbons (Fsp3) is 0.240. The summed E-state index contributed by atoms with van der Waals surface area (Å²) in [5.74, 6) is 0.504. The first kappa shape index (κ1) is 21.2. The highest BCUT2D eigenvalue weighted by atomic mass is 32.2. The molecule has 3 aromatic rings. The van der Waals surface area contributed by atoms with E-state index >= 15 is 0 Å². The molecule has 0 fully saturated rings. The van der Waals surface area contributed by atoms with Crippen LogP contribution in [0.4, 0.5) is 0 Å². The molecule has 0 saturated carbocycles. The number of hydrogen-bond acceptors (Lipinski definition) is 4. The molecule has 0 aliphatic carbocycles. The molecule has 0 radical (unpaired) electrons. The Bertz CT molecular complexity index is 842. The molecule has 3 rings (SSSR count). The fourth-order valence-corrected chi connectivity index (χ4v) is 3.92. The van der Waals surface area contributed by atoms with Gasteiger partial charge in [-0.25, -0.2) is 4.79 Å². The van der Waals surface area contributed by atoms with E-state index in [0.29, 0.717) is 23.1 Å². The summed E-state index contributed by atoms with van der Waals surface area (Å²) in [4.78, 5) is 12.9. The third kappa shape index (κ3) is 5.08. The zero-order valence-corrected chi connectivity index (χ0v) is 17.3. The summed E-state index contributed by atoms with van der Waals surface area (Å²) in [6, 6.07) is 27.8. The highest BCUT2D eigenvalue weighted by Crippen LogP contribution is 2.37. The highest BCUT2D eigenvalue weighted by Gasteiger charge is 2.42. The number of ether oxygens (including phenoxy) is 1. The van der Waals surface area contributed by atoms with Crippen molar-refractivity contribution < 1.29 is 14.6 Å². The lowest BCUT2D eigenvalue weighted by molar-refractivity contribution is -0.0689. The van der Waals surface area contributed by atoms with E-state index in [2.05, 4.69) is 0 Å². The fourth-order valence-electron chi connectivity index (χ4n) is 3.46. The maximum absolute atomic E-state index is 12.9. The van der Waals surface area contributed by atoms with Crippen LogP contribution in [0, 0.1) is 0 Å². The third-order valence-corrected chi connectivity index (χ3v) is 5.66. The van der Waals surface area contributed by atoms with Gasteiger partial charge in [0.25, 0.3) is 0 Å². The van der Waals surface area contributed by atoms with Crippen LogP contribution in [0.3, 0.4) is 0 Å². The Morgan fingerprint density at radius 1 is 0.897 bits per heavy atom. The quantitative estimate of drug-likeness (QED) is 0.387. The second-order valence-electron chi connectivity index (χ2n) is 6.89. The van der Waals surface area contributed by atoms with E-state index < -0.39 is 17.7 Å². The Balaban J connectivity index is 2.01. The predicted molar refractivity (Wildman–Crippen MR) is 119 cm³/mol. The van der Waals surface area contributed by atoms with Gasteiger partial charge in [-0.2, -0.15) is 11.8 Å². The van der Waals surface area contributed by atoms with Crippen LogP contribution < -0.4 is 0 Å². The SMILES string of the molecule is CSCCCC(OC(=O)c1ccccc1)C(O)(c1ccccc1)c1ccccc1. The maximum atomic E-state index is 12.9. The van der Waals surface area contributed by atoms with Crippen molar-refractivity contribution in [3.8, 4) is 0 Å². The van der Waals surface area contributed by atoms with Gasteiger partial charge in [0.15, 0.2) is 5.60 Å². The Morgan fingerprint density at radius 2 is 1.38 bits per heavy atom. The summed E-state index contributed by atoms with van der Waals surface area (Å²) in [6.07, 6.45) is 2.72. The number of aliphatic hydroxyl groups is 1. The molecule has 0 heterocycles. The van der Waals surface area contributed by atoms with Gasteiger partial charge in [0.05, 0.1) is 5.56 Å². The summed E-state index contributed by atoms with van der Waals surface area (Å²) in [5.41, 5.74) is 0.457.